The van der Waals surface area contributed by atoms with Gasteiger partial charge in [0.15, 0.2) is 0 Å². The van der Waals surface area contributed by atoms with Crippen LogP contribution in [0.15, 0.2) is 40.3 Å². The second-order valence-corrected chi connectivity index (χ2v) is 7.29. The SMILES string of the molecule is COc1ccc(/C=N/NS(=O)(=O)c2c(C)cc(C)cc2C)c(OC)c1. The fraction of sp³-hybridized carbons (Fsp3) is 0.278. The summed E-state index contributed by atoms with van der Waals surface area (Å²) < 4.78 is 35.5. The van der Waals surface area contributed by atoms with Crippen LogP contribution in [0.5, 0.6) is 11.5 Å². The van der Waals surface area contributed by atoms with Crippen LogP contribution in [0, 0.1) is 20.8 Å². The summed E-state index contributed by atoms with van der Waals surface area (Å²) in [5.74, 6) is 1.17. The van der Waals surface area contributed by atoms with E-state index in [9.17, 15) is 8.42 Å². The molecule has 0 saturated carbocycles. The van der Waals surface area contributed by atoms with Crippen LogP contribution in [0.4, 0.5) is 0 Å². The summed E-state index contributed by atoms with van der Waals surface area (Å²) in [6.45, 7) is 5.47. The van der Waals surface area contributed by atoms with E-state index >= 15 is 0 Å². The summed E-state index contributed by atoms with van der Waals surface area (Å²) >= 11 is 0. The smallest absolute Gasteiger partial charge is 0.277 e. The lowest BCUT2D eigenvalue weighted by Gasteiger charge is -2.11. The zero-order valence-corrected chi connectivity index (χ0v) is 15.8. The van der Waals surface area contributed by atoms with Gasteiger partial charge in [-0.3, -0.25) is 0 Å². The summed E-state index contributed by atoms with van der Waals surface area (Å²) in [7, 11) is -0.673. The van der Waals surface area contributed by atoms with Crippen LogP contribution in [0.3, 0.4) is 0 Å². The van der Waals surface area contributed by atoms with Crippen molar-refractivity contribution in [3.8, 4) is 11.5 Å². The Morgan fingerprint density at radius 3 is 2.20 bits per heavy atom. The number of hydrogen-bond donors (Lipinski definition) is 1. The van der Waals surface area contributed by atoms with E-state index in [0.29, 0.717) is 28.2 Å². The molecule has 0 unspecified atom stereocenters. The van der Waals surface area contributed by atoms with Crippen LogP contribution in [-0.2, 0) is 10.0 Å². The number of methoxy groups -OCH3 is 2. The largest absolute Gasteiger partial charge is 0.497 e. The molecule has 0 atom stereocenters. The first-order valence-electron chi connectivity index (χ1n) is 7.63. The van der Waals surface area contributed by atoms with E-state index in [0.717, 1.165) is 5.56 Å². The monoisotopic (exact) mass is 362 g/mol. The molecule has 0 saturated heterocycles. The van der Waals surface area contributed by atoms with Gasteiger partial charge in [-0.05, 0) is 44.0 Å². The molecular formula is C18H22N2O4S. The first-order chi connectivity index (χ1) is 11.8. The van der Waals surface area contributed by atoms with Gasteiger partial charge in [0.2, 0.25) is 0 Å². The first-order valence-corrected chi connectivity index (χ1v) is 9.11. The number of ether oxygens (including phenoxy) is 2. The third kappa shape index (κ3) is 4.30. The van der Waals surface area contributed by atoms with Gasteiger partial charge in [0, 0.05) is 11.6 Å². The molecule has 0 bridgehead atoms. The van der Waals surface area contributed by atoms with Crippen LogP contribution in [0.25, 0.3) is 0 Å². The van der Waals surface area contributed by atoms with Crippen molar-refractivity contribution in [1.29, 1.82) is 0 Å². The average Bonchev–Trinajstić information content (AvgIpc) is 2.53. The summed E-state index contributed by atoms with van der Waals surface area (Å²) in [6.07, 6.45) is 1.40. The highest BCUT2D eigenvalue weighted by atomic mass is 32.2. The van der Waals surface area contributed by atoms with E-state index in [1.165, 1.54) is 13.3 Å². The molecule has 0 heterocycles. The quantitative estimate of drug-likeness (QED) is 0.633. The third-order valence-electron chi connectivity index (χ3n) is 3.69. The topological polar surface area (TPSA) is 77.0 Å². The first kappa shape index (κ1) is 18.8. The molecule has 0 amide bonds. The lowest BCUT2D eigenvalue weighted by Crippen LogP contribution is -2.20. The Kier molecular flexibility index (Phi) is 5.69. The van der Waals surface area contributed by atoms with Gasteiger partial charge in [0.1, 0.15) is 11.5 Å². The van der Waals surface area contributed by atoms with E-state index in [1.54, 1.807) is 39.2 Å². The molecule has 134 valence electrons. The number of nitrogens with zero attached hydrogens (tertiary/aromatic N) is 1. The van der Waals surface area contributed by atoms with E-state index in [2.05, 4.69) is 9.93 Å². The average molecular weight is 362 g/mol. The third-order valence-corrected chi connectivity index (χ3v) is 5.22. The van der Waals surface area contributed by atoms with E-state index in [-0.39, 0.29) is 4.90 Å². The zero-order chi connectivity index (χ0) is 18.6. The molecule has 1 N–H and O–H groups in total. The molecule has 6 nitrogen and oxygen atoms in total. The summed E-state index contributed by atoms with van der Waals surface area (Å²) in [5.41, 5.74) is 3.01. The van der Waals surface area contributed by atoms with Crippen LogP contribution in [0.1, 0.15) is 22.3 Å². The van der Waals surface area contributed by atoms with Gasteiger partial charge in [0.25, 0.3) is 10.0 Å². The predicted molar refractivity (Wildman–Crippen MR) is 98.1 cm³/mol. The lowest BCUT2D eigenvalue weighted by atomic mass is 10.1. The molecule has 0 aromatic heterocycles. The second kappa shape index (κ2) is 7.57. The van der Waals surface area contributed by atoms with Gasteiger partial charge in [-0.1, -0.05) is 17.7 Å². The minimum atomic E-state index is -3.75. The Morgan fingerprint density at radius 1 is 1.00 bits per heavy atom. The fourth-order valence-corrected chi connectivity index (χ4v) is 3.98. The summed E-state index contributed by atoms with van der Waals surface area (Å²) in [6, 6.07) is 8.84. The normalized spacial score (nSPS) is 11.6. The number of nitrogens with one attached hydrogen (secondary N) is 1. The summed E-state index contributed by atoms with van der Waals surface area (Å²) in [5, 5.41) is 3.87. The van der Waals surface area contributed by atoms with E-state index < -0.39 is 10.0 Å². The molecule has 2 aromatic rings. The molecule has 7 heteroatoms. The Bertz CT molecular complexity index is 882. The number of aryl methyl sites for hydroxylation is 3. The second-order valence-electron chi connectivity index (χ2n) is 5.69. The van der Waals surface area contributed by atoms with Crippen LogP contribution in [0.2, 0.25) is 0 Å². The number of hydrazone groups is 1. The minimum absolute atomic E-state index is 0.247. The highest BCUT2D eigenvalue weighted by Gasteiger charge is 2.19. The van der Waals surface area contributed by atoms with Gasteiger partial charge in [-0.15, -0.1) is 0 Å². The molecule has 0 fully saturated rings. The van der Waals surface area contributed by atoms with Crippen molar-refractivity contribution in [1.82, 2.24) is 4.83 Å². The molecule has 0 spiro atoms. The van der Waals surface area contributed by atoms with Crippen molar-refractivity contribution >= 4 is 16.2 Å². The molecular weight excluding hydrogens is 340 g/mol. The molecule has 0 radical (unpaired) electrons. The number of benzene rings is 2. The Hall–Kier alpha value is -2.54. The molecule has 0 aliphatic carbocycles. The van der Waals surface area contributed by atoms with E-state index in [1.807, 2.05) is 19.1 Å². The molecule has 0 aliphatic heterocycles. The van der Waals surface area contributed by atoms with Crippen molar-refractivity contribution in [3.05, 3.63) is 52.6 Å². The Balaban J connectivity index is 2.27. The van der Waals surface area contributed by atoms with Gasteiger partial charge in [0.05, 0.1) is 25.3 Å². The van der Waals surface area contributed by atoms with Gasteiger partial charge >= 0.3 is 0 Å². The van der Waals surface area contributed by atoms with Gasteiger partial charge in [-0.25, -0.2) is 4.83 Å². The van der Waals surface area contributed by atoms with Crippen molar-refractivity contribution in [2.45, 2.75) is 25.7 Å². The standard InChI is InChI=1S/C18H22N2O4S/c1-12-8-13(2)18(14(3)9-12)25(21,22)20-19-11-15-6-7-16(23-4)10-17(15)24-5/h6-11,20H,1-5H3/b19-11+. The maximum atomic E-state index is 12.6. The van der Waals surface area contributed by atoms with Crippen molar-refractivity contribution in [2.75, 3.05) is 14.2 Å². The van der Waals surface area contributed by atoms with Gasteiger partial charge < -0.3 is 9.47 Å². The summed E-state index contributed by atoms with van der Waals surface area (Å²) in [4.78, 5) is 2.51. The highest BCUT2D eigenvalue weighted by Crippen LogP contribution is 2.24. The van der Waals surface area contributed by atoms with Crippen LogP contribution in [-0.4, -0.2) is 28.9 Å². The fourth-order valence-electron chi connectivity index (χ4n) is 2.73. The Labute approximate surface area is 148 Å². The molecule has 25 heavy (non-hydrogen) atoms. The van der Waals surface area contributed by atoms with E-state index in [4.69, 9.17) is 9.47 Å². The molecule has 2 rings (SSSR count). The van der Waals surface area contributed by atoms with Crippen molar-refractivity contribution in [2.24, 2.45) is 5.10 Å². The Morgan fingerprint density at radius 2 is 1.64 bits per heavy atom. The van der Waals surface area contributed by atoms with Crippen LogP contribution >= 0.6 is 0 Å². The number of hydrogen-bond acceptors (Lipinski definition) is 5. The van der Waals surface area contributed by atoms with Gasteiger partial charge in [-0.2, -0.15) is 13.5 Å². The molecule has 0 aliphatic rings. The lowest BCUT2D eigenvalue weighted by molar-refractivity contribution is 0.394. The maximum absolute atomic E-state index is 12.6. The zero-order valence-electron chi connectivity index (χ0n) is 15.0. The molecule has 2 aromatic carbocycles. The maximum Gasteiger partial charge on any atom is 0.277 e. The predicted octanol–water partition coefficient (Wildman–Crippen LogP) is 2.94. The number of sulfonamides is 1. The highest BCUT2D eigenvalue weighted by molar-refractivity contribution is 7.89. The minimum Gasteiger partial charge on any atom is -0.497 e. The van der Waals surface area contributed by atoms with Crippen molar-refractivity contribution < 1.29 is 17.9 Å². The van der Waals surface area contributed by atoms with Crippen molar-refractivity contribution in [3.63, 3.8) is 0 Å². The number of rotatable bonds is 6. The van der Waals surface area contributed by atoms with Crippen LogP contribution < -0.4 is 14.3 Å².